The zero-order valence-corrected chi connectivity index (χ0v) is 10.8. The number of nitrogens with two attached hydrogens (primary N) is 1. The molecule has 1 aromatic carbocycles. The zero-order chi connectivity index (χ0) is 12.3. The van der Waals surface area contributed by atoms with Gasteiger partial charge >= 0.3 is 0 Å². The van der Waals surface area contributed by atoms with Crippen molar-refractivity contribution in [1.82, 2.24) is 5.32 Å². The molecular formula is C11H14BrFN2O. The van der Waals surface area contributed by atoms with Gasteiger partial charge in [0.05, 0.1) is 4.47 Å². The van der Waals surface area contributed by atoms with Crippen molar-refractivity contribution >= 4 is 21.8 Å². The highest BCUT2D eigenvalue weighted by atomic mass is 79.9. The fourth-order valence-corrected chi connectivity index (χ4v) is 1.43. The predicted molar refractivity (Wildman–Crippen MR) is 64.7 cm³/mol. The molecule has 0 aromatic heterocycles. The molecule has 0 spiro atoms. The summed E-state index contributed by atoms with van der Waals surface area (Å²) in [5.74, 6) is -0.657. The van der Waals surface area contributed by atoms with E-state index in [1.807, 2.05) is 13.8 Å². The minimum atomic E-state index is -0.465. The quantitative estimate of drug-likeness (QED) is 0.895. The van der Waals surface area contributed by atoms with Crippen LogP contribution in [0.25, 0.3) is 0 Å². The number of hydrogen-bond acceptors (Lipinski definition) is 2. The lowest BCUT2D eigenvalue weighted by atomic mass is 10.1. The number of carbonyl (C=O) groups excluding carboxylic acids is 1. The Morgan fingerprint density at radius 1 is 1.56 bits per heavy atom. The van der Waals surface area contributed by atoms with Crippen molar-refractivity contribution in [2.24, 2.45) is 5.73 Å². The van der Waals surface area contributed by atoms with E-state index < -0.39 is 11.4 Å². The average molecular weight is 289 g/mol. The maximum atomic E-state index is 12.9. The van der Waals surface area contributed by atoms with E-state index in [0.717, 1.165) is 0 Å². The van der Waals surface area contributed by atoms with Gasteiger partial charge in [0.2, 0.25) is 0 Å². The molecule has 1 rings (SSSR count). The molecule has 0 fully saturated rings. The normalized spacial score (nSPS) is 11.3. The first-order chi connectivity index (χ1) is 7.29. The summed E-state index contributed by atoms with van der Waals surface area (Å²) in [5, 5.41) is 2.68. The first kappa shape index (κ1) is 13.1. The summed E-state index contributed by atoms with van der Waals surface area (Å²) in [6.07, 6.45) is 0. The average Bonchev–Trinajstić information content (AvgIpc) is 2.17. The molecule has 0 atom stereocenters. The molecule has 0 aliphatic rings. The van der Waals surface area contributed by atoms with Crippen molar-refractivity contribution in [2.75, 3.05) is 6.54 Å². The van der Waals surface area contributed by atoms with E-state index in [1.165, 1.54) is 18.2 Å². The van der Waals surface area contributed by atoms with Gasteiger partial charge in [0, 0.05) is 17.6 Å². The maximum Gasteiger partial charge on any atom is 0.251 e. The monoisotopic (exact) mass is 288 g/mol. The summed E-state index contributed by atoms with van der Waals surface area (Å²) < 4.78 is 13.2. The second kappa shape index (κ2) is 4.93. The van der Waals surface area contributed by atoms with Crippen molar-refractivity contribution in [2.45, 2.75) is 19.4 Å². The van der Waals surface area contributed by atoms with Crippen LogP contribution in [-0.2, 0) is 0 Å². The lowest BCUT2D eigenvalue weighted by Gasteiger charge is -2.18. The Hall–Kier alpha value is -0.940. The first-order valence-electron chi connectivity index (χ1n) is 4.82. The molecule has 0 heterocycles. The van der Waals surface area contributed by atoms with Gasteiger partial charge in [-0.2, -0.15) is 0 Å². The van der Waals surface area contributed by atoms with Gasteiger partial charge in [0.1, 0.15) is 5.82 Å². The molecule has 0 unspecified atom stereocenters. The molecular weight excluding hydrogens is 275 g/mol. The topological polar surface area (TPSA) is 55.1 Å². The largest absolute Gasteiger partial charge is 0.350 e. The minimum absolute atomic E-state index is 0.265. The number of benzene rings is 1. The number of carbonyl (C=O) groups is 1. The highest BCUT2D eigenvalue weighted by Crippen LogP contribution is 2.16. The Balaban J connectivity index is 2.70. The van der Waals surface area contributed by atoms with Gasteiger partial charge in [-0.1, -0.05) is 0 Å². The molecule has 88 valence electrons. The Morgan fingerprint density at radius 3 is 2.69 bits per heavy atom. The highest BCUT2D eigenvalue weighted by Gasteiger charge is 2.14. The number of hydrogen-bond donors (Lipinski definition) is 2. The standard InChI is InChI=1S/C11H14BrFN2O/c1-11(2,14)6-15-10(16)7-3-4-9(13)8(12)5-7/h3-5H,6,14H2,1-2H3,(H,15,16). The van der Waals surface area contributed by atoms with Crippen molar-refractivity contribution in [1.29, 1.82) is 0 Å². The van der Waals surface area contributed by atoms with E-state index in [4.69, 9.17) is 5.73 Å². The van der Waals surface area contributed by atoms with E-state index >= 15 is 0 Å². The molecule has 0 radical (unpaired) electrons. The molecule has 0 aliphatic heterocycles. The van der Waals surface area contributed by atoms with Gasteiger partial charge in [0.25, 0.3) is 5.91 Å². The number of halogens is 2. The summed E-state index contributed by atoms with van der Waals surface area (Å²) in [6.45, 7) is 3.99. The third-order valence-electron chi connectivity index (χ3n) is 1.89. The zero-order valence-electron chi connectivity index (χ0n) is 9.18. The summed E-state index contributed by atoms with van der Waals surface area (Å²) in [4.78, 5) is 11.6. The van der Waals surface area contributed by atoms with Crippen LogP contribution in [0.2, 0.25) is 0 Å². The number of nitrogens with one attached hydrogen (secondary N) is 1. The van der Waals surface area contributed by atoms with Crippen LogP contribution in [0, 0.1) is 5.82 Å². The van der Waals surface area contributed by atoms with Gasteiger partial charge in [-0.05, 0) is 48.0 Å². The highest BCUT2D eigenvalue weighted by molar-refractivity contribution is 9.10. The smallest absolute Gasteiger partial charge is 0.251 e. The third-order valence-corrected chi connectivity index (χ3v) is 2.49. The molecule has 0 saturated heterocycles. The Bertz CT molecular complexity index is 401. The summed E-state index contributed by atoms with van der Waals surface area (Å²) in [7, 11) is 0. The van der Waals surface area contributed by atoms with E-state index in [-0.39, 0.29) is 10.4 Å². The van der Waals surface area contributed by atoms with E-state index in [2.05, 4.69) is 21.2 Å². The van der Waals surface area contributed by atoms with Crippen LogP contribution in [-0.4, -0.2) is 18.0 Å². The molecule has 1 aromatic rings. The van der Waals surface area contributed by atoms with Gasteiger partial charge < -0.3 is 11.1 Å². The molecule has 0 bridgehead atoms. The van der Waals surface area contributed by atoms with Crippen molar-refractivity contribution < 1.29 is 9.18 Å². The lowest BCUT2D eigenvalue weighted by Crippen LogP contribution is -2.45. The fraction of sp³-hybridized carbons (Fsp3) is 0.364. The van der Waals surface area contributed by atoms with Crippen LogP contribution in [0.1, 0.15) is 24.2 Å². The van der Waals surface area contributed by atoms with Crippen LogP contribution < -0.4 is 11.1 Å². The number of rotatable bonds is 3. The molecule has 16 heavy (non-hydrogen) atoms. The molecule has 1 amide bonds. The minimum Gasteiger partial charge on any atom is -0.350 e. The summed E-state index contributed by atoms with van der Waals surface area (Å²) in [5.41, 5.74) is 5.67. The van der Waals surface area contributed by atoms with Gasteiger partial charge in [-0.15, -0.1) is 0 Å². The second-order valence-electron chi connectivity index (χ2n) is 4.30. The SMILES string of the molecule is CC(C)(N)CNC(=O)c1ccc(F)c(Br)c1. The van der Waals surface area contributed by atoms with Crippen molar-refractivity contribution in [3.8, 4) is 0 Å². The predicted octanol–water partition coefficient (Wildman–Crippen LogP) is 2.06. The molecule has 0 saturated carbocycles. The van der Waals surface area contributed by atoms with E-state index in [1.54, 1.807) is 0 Å². The number of amides is 1. The van der Waals surface area contributed by atoms with E-state index in [0.29, 0.717) is 12.1 Å². The molecule has 3 N–H and O–H groups in total. The van der Waals surface area contributed by atoms with Gasteiger partial charge in [-0.3, -0.25) is 4.79 Å². The summed E-state index contributed by atoms with van der Waals surface area (Å²) in [6, 6.07) is 4.11. The summed E-state index contributed by atoms with van der Waals surface area (Å²) >= 11 is 3.03. The molecule has 3 nitrogen and oxygen atoms in total. The lowest BCUT2D eigenvalue weighted by molar-refractivity contribution is 0.0946. The van der Waals surface area contributed by atoms with Crippen LogP contribution in [0.4, 0.5) is 4.39 Å². The first-order valence-corrected chi connectivity index (χ1v) is 5.61. The van der Waals surface area contributed by atoms with Crippen LogP contribution in [0.3, 0.4) is 0 Å². The third kappa shape index (κ3) is 3.90. The fourth-order valence-electron chi connectivity index (χ4n) is 1.05. The van der Waals surface area contributed by atoms with Crippen LogP contribution in [0.15, 0.2) is 22.7 Å². The Morgan fingerprint density at radius 2 is 2.19 bits per heavy atom. The maximum absolute atomic E-state index is 12.9. The van der Waals surface area contributed by atoms with Crippen molar-refractivity contribution in [3.63, 3.8) is 0 Å². The van der Waals surface area contributed by atoms with Gasteiger partial charge in [0.15, 0.2) is 0 Å². The van der Waals surface area contributed by atoms with Crippen molar-refractivity contribution in [3.05, 3.63) is 34.1 Å². The molecule has 5 heteroatoms. The Kier molecular flexibility index (Phi) is 4.04. The van der Waals surface area contributed by atoms with Crippen LogP contribution >= 0.6 is 15.9 Å². The second-order valence-corrected chi connectivity index (χ2v) is 5.15. The Labute approximate surface area is 102 Å². The molecule has 0 aliphatic carbocycles. The van der Waals surface area contributed by atoms with E-state index in [9.17, 15) is 9.18 Å². The van der Waals surface area contributed by atoms with Gasteiger partial charge in [-0.25, -0.2) is 4.39 Å². The van der Waals surface area contributed by atoms with Crippen LogP contribution in [0.5, 0.6) is 0 Å².